The van der Waals surface area contributed by atoms with Crippen molar-refractivity contribution in [1.29, 1.82) is 5.41 Å². The van der Waals surface area contributed by atoms with Gasteiger partial charge in [0.25, 0.3) is 0 Å². The second-order valence-electron chi connectivity index (χ2n) is 4.25. The summed E-state index contributed by atoms with van der Waals surface area (Å²) >= 11 is 0. The lowest BCUT2D eigenvalue weighted by atomic mass is 10.1. The molecule has 0 aliphatic carbocycles. The summed E-state index contributed by atoms with van der Waals surface area (Å²) < 4.78 is 38.4. The second-order valence-corrected chi connectivity index (χ2v) is 4.25. The minimum Gasteiger partial charge on any atom is -0.326 e. The van der Waals surface area contributed by atoms with Gasteiger partial charge in [0.15, 0.2) is 5.96 Å². The molecule has 1 aromatic carbocycles. The minimum atomic E-state index is -4.50. The van der Waals surface area contributed by atoms with Crippen molar-refractivity contribution < 1.29 is 13.2 Å². The lowest BCUT2D eigenvalue weighted by molar-refractivity contribution is -0.136. The van der Waals surface area contributed by atoms with Gasteiger partial charge in [0.1, 0.15) is 0 Å². The average Bonchev–Trinajstić information content (AvgIpc) is 2.41. The summed E-state index contributed by atoms with van der Waals surface area (Å²) in [6.07, 6.45) is -1.43. The fourth-order valence-corrected chi connectivity index (χ4v) is 1.57. The van der Waals surface area contributed by atoms with Gasteiger partial charge in [-0.3, -0.25) is 10.7 Å². The Morgan fingerprint density at radius 2 is 1.71 bits per heavy atom. The Kier molecular flexibility index (Phi) is 4.06. The third-order valence-corrected chi connectivity index (χ3v) is 2.51. The van der Waals surface area contributed by atoms with Crippen LogP contribution in [0.25, 0.3) is 0 Å². The normalized spacial score (nSPS) is 11.0. The number of hydrogen-bond acceptors (Lipinski definition) is 3. The summed E-state index contributed by atoms with van der Waals surface area (Å²) in [6.45, 7) is 1.80. The average molecular weight is 295 g/mol. The number of halogens is 3. The van der Waals surface area contributed by atoms with Crippen molar-refractivity contribution in [2.45, 2.75) is 13.1 Å². The van der Waals surface area contributed by atoms with Gasteiger partial charge in [-0.15, -0.1) is 0 Å². The van der Waals surface area contributed by atoms with E-state index in [1.807, 2.05) is 0 Å². The van der Waals surface area contributed by atoms with Gasteiger partial charge in [0.05, 0.1) is 11.3 Å². The SMILES string of the molecule is Cc1cnc(NC(=N)Nc2ccccc2C(F)(F)F)nc1. The maximum atomic E-state index is 12.8. The molecule has 0 spiro atoms. The van der Waals surface area contributed by atoms with Crippen LogP contribution in [-0.2, 0) is 6.18 Å². The molecule has 0 aliphatic rings. The van der Waals surface area contributed by atoms with Gasteiger partial charge >= 0.3 is 6.18 Å². The van der Waals surface area contributed by atoms with Crippen LogP contribution in [0, 0.1) is 12.3 Å². The van der Waals surface area contributed by atoms with Gasteiger partial charge in [-0.1, -0.05) is 12.1 Å². The summed E-state index contributed by atoms with van der Waals surface area (Å²) in [6, 6.07) is 4.92. The number of guanidine groups is 1. The molecule has 0 unspecified atom stereocenters. The zero-order chi connectivity index (χ0) is 15.5. The molecule has 0 fully saturated rings. The highest BCUT2D eigenvalue weighted by Crippen LogP contribution is 2.34. The molecule has 3 N–H and O–H groups in total. The van der Waals surface area contributed by atoms with E-state index in [1.54, 1.807) is 6.92 Å². The molecule has 0 bridgehead atoms. The molecule has 0 saturated heterocycles. The number of nitrogens with zero attached hydrogens (tertiary/aromatic N) is 2. The maximum absolute atomic E-state index is 12.8. The minimum absolute atomic E-state index is 0.127. The lowest BCUT2D eigenvalue weighted by Crippen LogP contribution is -2.23. The first kappa shape index (κ1) is 14.8. The topological polar surface area (TPSA) is 73.7 Å². The molecule has 0 radical (unpaired) electrons. The molecule has 1 heterocycles. The Morgan fingerprint density at radius 3 is 2.33 bits per heavy atom. The lowest BCUT2D eigenvalue weighted by Gasteiger charge is -2.15. The van der Waals surface area contributed by atoms with Crippen molar-refractivity contribution in [3.8, 4) is 0 Å². The number of aromatic nitrogens is 2. The summed E-state index contributed by atoms with van der Waals surface area (Å²) in [4.78, 5) is 7.81. The Bertz CT molecular complexity index is 637. The number of hydrogen-bond donors (Lipinski definition) is 3. The van der Waals surface area contributed by atoms with Crippen LogP contribution < -0.4 is 10.6 Å². The van der Waals surface area contributed by atoms with Crippen LogP contribution in [0.3, 0.4) is 0 Å². The largest absolute Gasteiger partial charge is 0.418 e. The van der Waals surface area contributed by atoms with Crippen molar-refractivity contribution in [2.24, 2.45) is 0 Å². The standard InChI is InChI=1S/C13H12F3N5/c1-8-6-18-12(19-7-8)21-11(17)20-10-5-3-2-4-9(10)13(14,15)16/h2-7H,1H3,(H3,17,18,19,20,21). The van der Waals surface area contributed by atoms with Crippen LogP contribution >= 0.6 is 0 Å². The summed E-state index contributed by atoms with van der Waals surface area (Å²) in [5.74, 6) is -0.224. The second kappa shape index (κ2) is 5.78. The van der Waals surface area contributed by atoms with Crippen LogP contribution in [0.2, 0.25) is 0 Å². The monoisotopic (exact) mass is 295 g/mol. The number of benzene rings is 1. The molecule has 0 saturated carbocycles. The van der Waals surface area contributed by atoms with Gasteiger partial charge in [-0.05, 0) is 24.6 Å². The van der Waals surface area contributed by atoms with Crippen molar-refractivity contribution in [3.05, 3.63) is 47.8 Å². The van der Waals surface area contributed by atoms with E-state index >= 15 is 0 Å². The summed E-state index contributed by atoms with van der Waals surface area (Å²) in [5, 5.41) is 12.5. The third kappa shape index (κ3) is 3.91. The van der Waals surface area contributed by atoms with E-state index in [1.165, 1.54) is 30.6 Å². The Morgan fingerprint density at radius 1 is 1.10 bits per heavy atom. The number of aryl methyl sites for hydroxylation is 1. The molecule has 21 heavy (non-hydrogen) atoms. The van der Waals surface area contributed by atoms with Gasteiger partial charge in [-0.2, -0.15) is 13.2 Å². The van der Waals surface area contributed by atoms with Crippen LogP contribution in [0.4, 0.5) is 24.8 Å². The fraction of sp³-hybridized carbons (Fsp3) is 0.154. The molecule has 2 aromatic rings. The van der Waals surface area contributed by atoms with Crippen molar-refractivity contribution in [1.82, 2.24) is 9.97 Å². The fourth-order valence-electron chi connectivity index (χ4n) is 1.57. The van der Waals surface area contributed by atoms with Crippen molar-refractivity contribution in [2.75, 3.05) is 10.6 Å². The van der Waals surface area contributed by atoms with E-state index in [0.29, 0.717) is 0 Å². The highest BCUT2D eigenvalue weighted by atomic mass is 19.4. The smallest absolute Gasteiger partial charge is 0.326 e. The first-order chi connectivity index (χ1) is 9.86. The van der Waals surface area contributed by atoms with Crippen LogP contribution in [0.1, 0.15) is 11.1 Å². The maximum Gasteiger partial charge on any atom is 0.418 e. The predicted octanol–water partition coefficient (Wildman–Crippen LogP) is 3.26. The first-order valence-electron chi connectivity index (χ1n) is 5.94. The molecule has 0 aliphatic heterocycles. The molecule has 2 rings (SSSR count). The van der Waals surface area contributed by atoms with E-state index < -0.39 is 11.7 Å². The van der Waals surface area contributed by atoms with Crippen LogP contribution in [0.15, 0.2) is 36.7 Å². The summed E-state index contributed by atoms with van der Waals surface area (Å²) in [5.41, 5.74) is -0.224. The van der Waals surface area contributed by atoms with Gasteiger partial charge in [0, 0.05) is 12.4 Å². The number of nitrogens with one attached hydrogen (secondary N) is 3. The number of rotatable bonds is 2. The van der Waals surface area contributed by atoms with Crippen molar-refractivity contribution >= 4 is 17.6 Å². The van der Waals surface area contributed by atoms with Crippen molar-refractivity contribution in [3.63, 3.8) is 0 Å². The van der Waals surface area contributed by atoms with E-state index in [0.717, 1.165) is 11.6 Å². The molecular weight excluding hydrogens is 283 g/mol. The molecule has 1 aromatic heterocycles. The number of para-hydroxylation sites is 1. The molecule has 110 valence electrons. The zero-order valence-corrected chi connectivity index (χ0v) is 11.0. The number of alkyl halides is 3. The highest BCUT2D eigenvalue weighted by molar-refractivity contribution is 6.00. The van der Waals surface area contributed by atoms with Gasteiger partial charge in [0.2, 0.25) is 5.95 Å². The van der Waals surface area contributed by atoms with E-state index in [2.05, 4.69) is 20.6 Å². The Balaban J connectivity index is 2.11. The summed E-state index contributed by atoms with van der Waals surface area (Å²) in [7, 11) is 0. The highest BCUT2D eigenvalue weighted by Gasteiger charge is 2.33. The van der Waals surface area contributed by atoms with E-state index in [-0.39, 0.29) is 17.6 Å². The van der Waals surface area contributed by atoms with E-state index in [9.17, 15) is 13.2 Å². The number of anilines is 2. The molecule has 0 amide bonds. The van der Waals surface area contributed by atoms with Crippen LogP contribution in [0.5, 0.6) is 0 Å². The van der Waals surface area contributed by atoms with Gasteiger partial charge < -0.3 is 5.32 Å². The zero-order valence-electron chi connectivity index (χ0n) is 11.0. The Labute approximate surface area is 118 Å². The molecule has 8 heteroatoms. The first-order valence-corrected chi connectivity index (χ1v) is 5.94. The van der Waals surface area contributed by atoms with Crippen LogP contribution in [-0.4, -0.2) is 15.9 Å². The molecule has 0 atom stereocenters. The predicted molar refractivity (Wildman–Crippen MR) is 73.2 cm³/mol. The quantitative estimate of drug-likeness (QED) is 0.587. The van der Waals surface area contributed by atoms with Gasteiger partial charge in [-0.25, -0.2) is 9.97 Å². The van der Waals surface area contributed by atoms with E-state index in [4.69, 9.17) is 5.41 Å². The Hall–Kier alpha value is -2.64. The molecule has 5 nitrogen and oxygen atoms in total. The third-order valence-electron chi connectivity index (χ3n) is 2.51. The molecular formula is C13H12F3N5.